The van der Waals surface area contributed by atoms with Crippen LogP contribution in [0.2, 0.25) is 0 Å². The third-order valence-electron chi connectivity index (χ3n) is 5.22. The van der Waals surface area contributed by atoms with Gasteiger partial charge in [-0.15, -0.1) is 0 Å². The molecule has 2 aliphatic rings. The molecule has 1 aromatic rings. The lowest BCUT2D eigenvalue weighted by molar-refractivity contribution is -0.147. The normalized spacial score (nSPS) is 18.6. The highest BCUT2D eigenvalue weighted by molar-refractivity contribution is 5.97. The maximum absolute atomic E-state index is 14.3. The Hall–Kier alpha value is -2.64. The molecule has 1 aromatic carbocycles. The number of nitrogens with one attached hydrogen (secondary N) is 2. The first-order valence-electron chi connectivity index (χ1n) is 10.2. The van der Waals surface area contributed by atoms with Crippen LogP contribution in [0.4, 0.5) is 4.39 Å². The van der Waals surface area contributed by atoms with Crippen molar-refractivity contribution >= 4 is 17.8 Å². The van der Waals surface area contributed by atoms with Crippen LogP contribution in [0.5, 0.6) is 5.75 Å². The largest absolute Gasteiger partial charge is 0.490 e. The minimum absolute atomic E-state index is 0.126. The van der Waals surface area contributed by atoms with Gasteiger partial charge in [-0.25, -0.2) is 4.39 Å². The number of amides is 2. The second kappa shape index (κ2) is 9.71. The SMILES string of the molecule is CN=C(NCCN1C(=O)CCCC1=O)NC(C)c1ccc(OCC2CC2)c(F)c1. The summed E-state index contributed by atoms with van der Waals surface area (Å²) < 4.78 is 19.8. The van der Waals surface area contributed by atoms with Gasteiger partial charge in [-0.3, -0.25) is 19.5 Å². The first-order valence-corrected chi connectivity index (χ1v) is 10.2. The smallest absolute Gasteiger partial charge is 0.229 e. The molecule has 2 N–H and O–H groups in total. The van der Waals surface area contributed by atoms with Gasteiger partial charge in [-0.1, -0.05) is 6.07 Å². The van der Waals surface area contributed by atoms with Crippen LogP contribution in [0.25, 0.3) is 0 Å². The zero-order valence-corrected chi connectivity index (χ0v) is 17.0. The average molecular weight is 404 g/mol. The summed E-state index contributed by atoms with van der Waals surface area (Å²) in [6.07, 6.45) is 3.78. The molecular formula is C21H29FN4O3. The van der Waals surface area contributed by atoms with Crippen LogP contribution in [0.3, 0.4) is 0 Å². The monoisotopic (exact) mass is 404 g/mol. The number of nitrogens with zero attached hydrogens (tertiary/aromatic N) is 2. The van der Waals surface area contributed by atoms with Crippen LogP contribution < -0.4 is 15.4 Å². The molecule has 0 spiro atoms. The van der Waals surface area contributed by atoms with E-state index in [4.69, 9.17) is 4.74 Å². The fourth-order valence-electron chi connectivity index (χ4n) is 3.21. The first-order chi connectivity index (χ1) is 14.0. The van der Waals surface area contributed by atoms with E-state index in [2.05, 4.69) is 15.6 Å². The summed E-state index contributed by atoms with van der Waals surface area (Å²) in [5, 5.41) is 6.29. The van der Waals surface area contributed by atoms with Crippen LogP contribution in [-0.4, -0.2) is 49.4 Å². The van der Waals surface area contributed by atoms with Gasteiger partial charge in [0.2, 0.25) is 11.8 Å². The van der Waals surface area contributed by atoms with Crippen molar-refractivity contribution in [3.8, 4) is 5.75 Å². The molecule has 158 valence electrons. The average Bonchev–Trinajstić information content (AvgIpc) is 3.52. The third-order valence-corrected chi connectivity index (χ3v) is 5.22. The van der Waals surface area contributed by atoms with Gasteiger partial charge in [0.1, 0.15) is 0 Å². The van der Waals surface area contributed by atoms with Crippen molar-refractivity contribution in [2.45, 2.75) is 45.1 Å². The van der Waals surface area contributed by atoms with E-state index in [1.165, 1.54) is 11.0 Å². The van der Waals surface area contributed by atoms with Crippen molar-refractivity contribution in [1.82, 2.24) is 15.5 Å². The summed E-state index contributed by atoms with van der Waals surface area (Å²) in [6, 6.07) is 4.78. The van der Waals surface area contributed by atoms with Crippen LogP contribution in [0.15, 0.2) is 23.2 Å². The molecule has 0 aromatic heterocycles. The number of aliphatic imine (C=N–C) groups is 1. The predicted molar refractivity (Wildman–Crippen MR) is 108 cm³/mol. The number of carbonyl (C=O) groups excluding carboxylic acids is 2. The molecule has 1 saturated heterocycles. The van der Waals surface area contributed by atoms with E-state index < -0.39 is 0 Å². The van der Waals surface area contributed by atoms with Crippen LogP contribution in [0.1, 0.15) is 50.6 Å². The fraction of sp³-hybridized carbons (Fsp3) is 0.571. The van der Waals surface area contributed by atoms with Gasteiger partial charge in [0.05, 0.1) is 12.6 Å². The van der Waals surface area contributed by atoms with Crippen molar-refractivity contribution < 1.29 is 18.7 Å². The summed E-state index contributed by atoms with van der Waals surface area (Å²) >= 11 is 0. The van der Waals surface area contributed by atoms with Gasteiger partial charge < -0.3 is 15.4 Å². The van der Waals surface area contributed by atoms with Gasteiger partial charge in [0.25, 0.3) is 0 Å². The zero-order chi connectivity index (χ0) is 20.8. The number of imide groups is 1. The first kappa shape index (κ1) is 21.1. The molecule has 29 heavy (non-hydrogen) atoms. The molecule has 0 bridgehead atoms. The quantitative estimate of drug-likeness (QED) is 0.395. The number of hydrogen-bond donors (Lipinski definition) is 2. The standard InChI is InChI=1S/C21H29FN4O3/c1-14(16-8-9-18(17(22)12-16)29-13-15-6-7-15)25-21(23-2)24-10-11-26-19(27)4-3-5-20(26)28/h8-9,12,14-15H,3-7,10-11,13H2,1-2H3,(H2,23,24,25). The third kappa shape index (κ3) is 5.92. The van der Waals surface area contributed by atoms with E-state index in [1.807, 2.05) is 13.0 Å². The molecule has 1 unspecified atom stereocenters. The minimum Gasteiger partial charge on any atom is -0.490 e. The Bertz CT molecular complexity index is 763. The van der Waals surface area contributed by atoms with E-state index in [1.54, 1.807) is 13.1 Å². The summed E-state index contributed by atoms with van der Waals surface area (Å²) in [7, 11) is 1.63. The molecule has 2 amide bonds. The Morgan fingerprint density at radius 2 is 2.03 bits per heavy atom. The Morgan fingerprint density at radius 1 is 1.31 bits per heavy atom. The molecule has 1 atom stereocenters. The van der Waals surface area contributed by atoms with Crippen LogP contribution in [0, 0.1) is 11.7 Å². The molecule has 1 aliphatic carbocycles. The molecule has 8 heteroatoms. The number of hydrogen-bond acceptors (Lipinski definition) is 4. The highest BCUT2D eigenvalue weighted by atomic mass is 19.1. The highest BCUT2D eigenvalue weighted by Crippen LogP contribution is 2.30. The van der Waals surface area contributed by atoms with E-state index in [-0.39, 0.29) is 29.4 Å². The van der Waals surface area contributed by atoms with Crippen molar-refractivity contribution in [2.24, 2.45) is 10.9 Å². The molecule has 0 radical (unpaired) electrons. The van der Waals surface area contributed by atoms with Crippen molar-refractivity contribution in [1.29, 1.82) is 0 Å². The Morgan fingerprint density at radius 3 is 2.66 bits per heavy atom. The summed E-state index contributed by atoms with van der Waals surface area (Å²) in [6.45, 7) is 3.17. The lowest BCUT2D eigenvalue weighted by atomic mass is 10.1. The summed E-state index contributed by atoms with van der Waals surface area (Å²) in [5.41, 5.74) is 0.769. The Kier molecular flexibility index (Phi) is 7.06. The van der Waals surface area contributed by atoms with Gasteiger partial charge >= 0.3 is 0 Å². The zero-order valence-electron chi connectivity index (χ0n) is 17.0. The maximum atomic E-state index is 14.3. The van der Waals surface area contributed by atoms with E-state index in [9.17, 15) is 14.0 Å². The lowest BCUT2D eigenvalue weighted by Crippen LogP contribution is -2.46. The maximum Gasteiger partial charge on any atom is 0.229 e. The van der Waals surface area contributed by atoms with Crippen molar-refractivity contribution in [3.05, 3.63) is 29.6 Å². The predicted octanol–water partition coefficient (Wildman–Crippen LogP) is 2.38. The lowest BCUT2D eigenvalue weighted by Gasteiger charge is -2.25. The van der Waals surface area contributed by atoms with Crippen molar-refractivity contribution in [3.63, 3.8) is 0 Å². The number of likely N-dealkylation sites (tertiary alicyclic amines) is 1. The number of guanidine groups is 1. The van der Waals surface area contributed by atoms with Crippen molar-refractivity contribution in [2.75, 3.05) is 26.7 Å². The molecule has 1 aliphatic heterocycles. The summed E-state index contributed by atoms with van der Waals surface area (Å²) in [4.78, 5) is 29.1. The Labute approximate surface area is 170 Å². The molecule has 1 saturated carbocycles. The van der Waals surface area contributed by atoms with Crippen LogP contribution >= 0.6 is 0 Å². The van der Waals surface area contributed by atoms with Gasteiger partial charge in [0, 0.05) is 33.0 Å². The van der Waals surface area contributed by atoms with E-state index >= 15 is 0 Å². The van der Waals surface area contributed by atoms with Gasteiger partial charge in [-0.2, -0.15) is 0 Å². The Balaban J connectivity index is 1.48. The molecule has 7 nitrogen and oxygen atoms in total. The van der Waals surface area contributed by atoms with E-state index in [0.29, 0.717) is 50.8 Å². The highest BCUT2D eigenvalue weighted by Gasteiger charge is 2.25. The fourth-order valence-corrected chi connectivity index (χ4v) is 3.21. The van der Waals surface area contributed by atoms with Gasteiger partial charge in [0.15, 0.2) is 17.5 Å². The molecule has 2 fully saturated rings. The molecule has 3 rings (SSSR count). The number of ether oxygens (including phenoxy) is 1. The number of carbonyl (C=O) groups is 2. The second-order valence-electron chi connectivity index (χ2n) is 7.60. The minimum atomic E-state index is -0.373. The van der Waals surface area contributed by atoms with Gasteiger partial charge in [-0.05, 0) is 49.8 Å². The molecule has 1 heterocycles. The molecular weight excluding hydrogens is 375 g/mol. The summed E-state index contributed by atoms with van der Waals surface area (Å²) in [5.74, 6) is 0.745. The van der Waals surface area contributed by atoms with Crippen LogP contribution in [-0.2, 0) is 9.59 Å². The number of halogens is 1. The topological polar surface area (TPSA) is 83.0 Å². The second-order valence-corrected chi connectivity index (χ2v) is 7.60. The number of rotatable bonds is 8. The number of piperidine rings is 1. The number of benzene rings is 1. The van der Waals surface area contributed by atoms with E-state index in [0.717, 1.165) is 18.4 Å².